The van der Waals surface area contributed by atoms with E-state index < -0.39 is 18.0 Å². The lowest BCUT2D eigenvalue weighted by atomic mass is 10.2. The predicted octanol–water partition coefficient (Wildman–Crippen LogP) is 2.51. The predicted molar refractivity (Wildman–Crippen MR) is 96.3 cm³/mol. The molecular formula is C18H20F3N5O. The van der Waals surface area contributed by atoms with Gasteiger partial charge in [-0.1, -0.05) is 18.2 Å². The fourth-order valence-electron chi connectivity index (χ4n) is 2.72. The van der Waals surface area contributed by atoms with Crippen molar-refractivity contribution in [2.24, 2.45) is 0 Å². The molecule has 3 aromatic rings. The summed E-state index contributed by atoms with van der Waals surface area (Å²) in [6.45, 7) is 1.59. The maximum Gasteiger partial charge on any atom is 0.433 e. The Bertz CT molecular complexity index is 881. The third kappa shape index (κ3) is 5.18. The summed E-state index contributed by atoms with van der Waals surface area (Å²) < 4.78 is 39.8. The first kappa shape index (κ1) is 19.1. The number of aromatic nitrogens is 3. The van der Waals surface area contributed by atoms with Gasteiger partial charge in [0.1, 0.15) is 5.69 Å². The second-order valence-electron chi connectivity index (χ2n) is 6.07. The Morgan fingerprint density at radius 2 is 1.93 bits per heavy atom. The van der Waals surface area contributed by atoms with Gasteiger partial charge in [-0.2, -0.15) is 13.2 Å². The topological polar surface area (TPSA) is 75.0 Å². The lowest BCUT2D eigenvalue weighted by Crippen LogP contribution is -2.33. The maximum atomic E-state index is 12.6. The zero-order valence-electron chi connectivity index (χ0n) is 14.4. The van der Waals surface area contributed by atoms with Crippen LogP contribution >= 0.6 is 0 Å². The number of hydrogen-bond donors (Lipinski definition) is 3. The van der Waals surface area contributed by atoms with Crippen LogP contribution in [0.3, 0.4) is 0 Å². The summed E-state index contributed by atoms with van der Waals surface area (Å²) >= 11 is 0. The van der Waals surface area contributed by atoms with Crippen molar-refractivity contribution < 1.29 is 18.3 Å². The number of nitrogens with one attached hydrogen (secondary N) is 2. The van der Waals surface area contributed by atoms with Gasteiger partial charge in [0.05, 0.1) is 6.10 Å². The van der Waals surface area contributed by atoms with E-state index in [0.29, 0.717) is 26.2 Å². The SMILES string of the molecule is O[C@@H](CNCCNc1nccc(C(F)(F)F)n1)Cn1ccc2ccccc21. The molecule has 1 aromatic carbocycles. The number of halogens is 3. The first-order chi connectivity index (χ1) is 12.9. The first-order valence-electron chi connectivity index (χ1n) is 8.50. The Kier molecular flexibility index (Phi) is 5.92. The molecule has 27 heavy (non-hydrogen) atoms. The van der Waals surface area contributed by atoms with E-state index in [1.54, 1.807) is 0 Å². The number of aliphatic hydroxyl groups excluding tert-OH is 1. The van der Waals surface area contributed by atoms with Crippen LogP contribution in [0, 0.1) is 0 Å². The molecule has 2 aromatic heterocycles. The van der Waals surface area contributed by atoms with Crippen molar-refractivity contribution in [2.75, 3.05) is 25.0 Å². The Morgan fingerprint density at radius 1 is 1.11 bits per heavy atom. The summed E-state index contributed by atoms with van der Waals surface area (Å²) in [6.07, 6.45) is -2.09. The molecule has 0 radical (unpaired) electrons. The normalized spacial score (nSPS) is 13.0. The smallest absolute Gasteiger partial charge is 0.390 e. The Labute approximate surface area is 154 Å². The molecule has 0 aliphatic heterocycles. The van der Waals surface area contributed by atoms with Gasteiger partial charge in [0.25, 0.3) is 0 Å². The van der Waals surface area contributed by atoms with Gasteiger partial charge in [-0.15, -0.1) is 0 Å². The molecule has 144 valence electrons. The first-order valence-corrected chi connectivity index (χ1v) is 8.50. The quantitative estimate of drug-likeness (QED) is 0.525. The van der Waals surface area contributed by atoms with Gasteiger partial charge >= 0.3 is 6.18 Å². The van der Waals surface area contributed by atoms with Crippen LogP contribution in [0.5, 0.6) is 0 Å². The average molecular weight is 379 g/mol. The minimum Gasteiger partial charge on any atom is -0.390 e. The number of fused-ring (bicyclic) bond motifs is 1. The number of nitrogens with zero attached hydrogens (tertiary/aromatic N) is 3. The molecule has 6 nitrogen and oxygen atoms in total. The highest BCUT2D eigenvalue weighted by molar-refractivity contribution is 5.79. The fourth-order valence-corrected chi connectivity index (χ4v) is 2.72. The highest BCUT2D eigenvalue weighted by Crippen LogP contribution is 2.27. The fraction of sp³-hybridized carbons (Fsp3) is 0.333. The lowest BCUT2D eigenvalue weighted by Gasteiger charge is -2.14. The Hall–Kier alpha value is -2.65. The van der Waals surface area contributed by atoms with E-state index >= 15 is 0 Å². The van der Waals surface area contributed by atoms with Gasteiger partial charge in [-0.25, -0.2) is 9.97 Å². The number of alkyl halides is 3. The third-order valence-corrected chi connectivity index (χ3v) is 4.00. The van der Waals surface area contributed by atoms with Crippen LogP contribution < -0.4 is 10.6 Å². The van der Waals surface area contributed by atoms with Gasteiger partial charge < -0.3 is 20.3 Å². The number of para-hydroxylation sites is 1. The number of benzene rings is 1. The summed E-state index contributed by atoms with van der Waals surface area (Å²) in [7, 11) is 0. The zero-order valence-corrected chi connectivity index (χ0v) is 14.4. The van der Waals surface area contributed by atoms with Crippen molar-refractivity contribution in [1.82, 2.24) is 19.9 Å². The molecule has 0 aliphatic carbocycles. The van der Waals surface area contributed by atoms with Gasteiger partial charge in [0.2, 0.25) is 5.95 Å². The summed E-state index contributed by atoms with van der Waals surface area (Å²) in [5, 5.41) is 17.1. The van der Waals surface area contributed by atoms with Crippen molar-refractivity contribution in [1.29, 1.82) is 0 Å². The van der Waals surface area contributed by atoms with Crippen LogP contribution in [0.1, 0.15) is 5.69 Å². The van der Waals surface area contributed by atoms with Crippen LogP contribution in [0.2, 0.25) is 0 Å². The number of anilines is 1. The van der Waals surface area contributed by atoms with E-state index in [2.05, 4.69) is 20.6 Å². The molecule has 0 spiro atoms. The van der Waals surface area contributed by atoms with E-state index in [-0.39, 0.29) is 5.95 Å². The second kappa shape index (κ2) is 8.36. The molecule has 0 unspecified atom stereocenters. The van der Waals surface area contributed by atoms with E-state index in [1.165, 1.54) is 0 Å². The summed E-state index contributed by atoms with van der Waals surface area (Å²) in [6, 6.07) is 10.7. The van der Waals surface area contributed by atoms with Crippen molar-refractivity contribution in [3.8, 4) is 0 Å². The monoisotopic (exact) mass is 379 g/mol. The zero-order chi connectivity index (χ0) is 19.3. The molecule has 0 fully saturated rings. The summed E-state index contributed by atoms with van der Waals surface area (Å²) in [4.78, 5) is 7.19. The third-order valence-electron chi connectivity index (χ3n) is 4.00. The van der Waals surface area contributed by atoms with Crippen molar-refractivity contribution >= 4 is 16.9 Å². The van der Waals surface area contributed by atoms with Gasteiger partial charge in [0.15, 0.2) is 0 Å². The maximum absolute atomic E-state index is 12.6. The van der Waals surface area contributed by atoms with Crippen molar-refractivity contribution in [2.45, 2.75) is 18.8 Å². The van der Waals surface area contributed by atoms with E-state index in [9.17, 15) is 18.3 Å². The van der Waals surface area contributed by atoms with Gasteiger partial charge in [-0.05, 0) is 23.6 Å². The van der Waals surface area contributed by atoms with Crippen LogP contribution in [-0.4, -0.2) is 45.4 Å². The second-order valence-corrected chi connectivity index (χ2v) is 6.07. The number of hydrogen-bond acceptors (Lipinski definition) is 5. The molecule has 0 aliphatic rings. The lowest BCUT2D eigenvalue weighted by molar-refractivity contribution is -0.141. The van der Waals surface area contributed by atoms with Gasteiger partial charge in [0, 0.05) is 44.1 Å². The number of rotatable bonds is 8. The summed E-state index contributed by atoms with van der Waals surface area (Å²) in [5.41, 5.74) is 0.0715. The average Bonchev–Trinajstić information content (AvgIpc) is 3.04. The molecule has 0 bridgehead atoms. The van der Waals surface area contributed by atoms with Crippen LogP contribution in [0.4, 0.5) is 19.1 Å². The van der Waals surface area contributed by atoms with Crippen molar-refractivity contribution in [3.63, 3.8) is 0 Å². The molecule has 2 heterocycles. The van der Waals surface area contributed by atoms with Crippen LogP contribution in [-0.2, 0) is 12.7 Å². The van der Waals surface area contributed by atoms with E-state index in [4.69, 9.17) is 0 Å². The van der Waals surface area contributed by atoms with Crippen LogP contribution in [0.25, 0.3) is 10.9 Å². The van der Waals surface area contributed by atoms with E-state index in [0.717, 1.165) is 23.2 Å². The Morgan fingerprint density at radius 3 is 2.74 bits per heavy atom. The van der Waals surface area contributed by atoms with E-state index in [1.807, 2.05) is 41.1 Å². The highest BCUT2D eigenvalue weighted by Gasteiger charge is 2.32. The molecule has 0 saturated heterocycles. The molecule has 3 N–H and O–H groups in total. The summed E-state index contributed by atoms with van der Waals surface area (Å²) in [5.74, 6) is -0.0778. The molecule has 0 saturated carbocycles. The minimum atomic E-state index is -4.50. The number of aliphatic hydroxyl groups is 1. The standard InChI is InChI=1S/C18H20F3N5O/c19-18(20,21)16-5-7-23-17(25-16)24-9-8-22-11-14(27)12-26-10-6-13-3-1-2-4-15(13)26/h1-7,10,14,22,27H,8-9,11-12H2,(H,23,24,25)/t14-/m0/s1. The van der Waals surface area contributed by atoms with Gasteiger partial charge in [-0.3, -0.25) is 0 Å². The Balaban J connectivity index is 1.40. The van der Waals surface area contributed by atoms with Crippen LogP contribution in [0.15, 0.2) is 48.8 Å². The molecule has 0 amide bonds. The minimum absolute atomic E-state index is 0.0778. The molecule has 1 atom stereocenters. The largest absolute Gasteiger partial charge is 0.433 e. The molecule has 3 rings (SSSR count). The molecule has 9 heteroatoms. The molecular weight excluding hydrogens is 359 g/mol. The van der Waals surface area contributed by atoms with Crippen molar-refractivity contribution in [3.05, 3.63) is 54.5 Å². The highest BCUT2D eigenvalue weighted by atomic mass is 19.4.